The molecular formula is C30H42N4O9P2. The molecule has 1 aromatic heterocycles. The van der Waals surface area contributed by atoms with Gasteiger partial charge in [-0.2, -0.15) is 9.83 Å². The third-order valence-electron chi connectivity index (χ3n) is 7.95. The molecule has 0 unspecified atom stereocenters. The molecule has 3 rings (SSSR count). The van der Waals surface area contributed by atoms with Crippen LogP contribution in [0.1, 0.15) is 50.7 Å². The molecule has 45 heavy (non-hydrogen) atoms. The van der Waals surface area contributed by atoms with Crippen LogP contribution in [0.15, 0.2) is 64.1 Å². The average molecular weight is 665 g/mol. The minimum absolute atomic E-state index is 0.00331. The Morgan fingerprint density at radius 1 is 1.07 bits per heavy atom. The monoisotopic (exact) mass is 664 g/mol. The molecule has 1 aliphatic rings. The number of ether oxygens (including phenoxy) is 2. The van der Waals surface area contributed by atoms with Gasteiger partial charge in [0.1, 0.15) is 6.23 Å². The van der Waals surface area contributed by atoms with Gasteiger partial charge in [0.25, 0.3) is 11.5 Å². The van der Waals surface area contributed by atoms with Crippen LogP contribution in [-0.4, -0.2) is 77.7 Å². The Hall–Kier alpha value is -2.94. The summed E-state index contributed by atoms with van der Waals surface area (Å²) >= 11 is 0. The molecular weight excluding hydrogens is 622 g/mol. The van der Waals surface area contributed by atoms with Crippen LogP contribution in [-0.2, 0) is 27.7 Å². The van der Waals surface area contributed by atoms with E-state index in [2.05, 4.69) is 6.07 Å². The number of methoxy groups -OCH3 is 1. The lowest BCUT2D eigenvalue weighted by molar-refractivity contribution is -0.0135. The molecule has 0 amide bonds. The van der Waals surface area contributed by atoms with Crippen LogP contribution in [0.2, 0.25) is 0 Å². The van der Waals surface area contributed by atoms with Gasteiger partial charge in [0, 0.05) is 75.2 Å². The number of nitriles is 1. The van der Waals surface area contributed by atoms with E-state index < -0.39 is 56.3 Å². The van der Waals surface area contributed by atoms with Gasteiger partial charge in [-0.3, -0.25) is 18.7 Å². The first kappa shape index (κ1) is 36.5. The highest BCUT2D eigenvalue weighted by Gasteiger charge is 2.53. The quantitative estimate of drug-likeness (QED) is 0.261. The molecule has 0 spiro atoms. The lowest BCUT2D eigenvalue weighted by atomic mass is 9.97. The highest BCUT2D eigenvalue weighted by atomic mass is 31.2. The van der Waals surface area contributed by atoms with E-state index in [1.54, 1.807) is 22.9 Å². The fraction of sp³-hybridized carbons (Fsp3) is 0.533. The van der Waals surface area contributed by atoms with Crippen LogP contribution in [0.4, 0.5) is 0 Å². The predicted octanol–water partition coefficient (Wildman–Crippen LogP) is 4.54. The zero-order chi connectivity index (χ0) is 33.5. The van der Waals surface area contributed by atoms with Crippen LogP contribution in [0.25, 0.3) is 0 Å². The predicted molar refractivity (Wildman–Crippen MR) is 170 cm³/mol. The van der Waals surface area contributed by atoms with E-state index in [0.717, 1.165) is 10.6 Å². The fourth-order valence-corrected chi connectivity index (χ4v) is 10.1. The maximum absolute atomic E-state index is 14.9. The Kier molecular flexibility index (Phi) is 12.6. The minimum atomic E-state index is -3.68. The second-order valence-electron chi connectivity index (χ2n) is 11.1. The van der Waals surface area contributed by atoms with E-state index in [0.29, 0.717) is 4.57 Å². The summed E-state index contributed by atoms with van der Waals surface area (Å²) in [4.78, 5) is 40.1. The summed E-state index contributed by atoms with van der Waals surface area (Å²) in [6.45, 7) is 7.52. The van der Waals surface area contributed by atoms with Crippen LogP contribution >= 0.6 is 14.9 Å². The van der Waals surface area contributed by atoms with Crippen LogP contribution in [0, 0.1) is 17.2 Å². The van der Waals surface area contributed by atoms with Crippen molar-refractivity contribution in [2.75, 3.05) is 34.5 Å². The molecule has 1 aliphatic heterocycles. The van der Waals surface area contributed by atoms with Gasteiger partial charge in [0.2, 0.25) is 0 Å². The largest absolute Gasteiger partial charge is 0.384 e. The summed E-state index contributed by atoms with van der Waals surface area (Å²) in [6.07, 6.45) is 0.674. The zero-order valence-electron chi connectivity index (χ0n) is 26.6. The standard InChI is InChI=1S/C30H42N4O9P2/c1-21(2)45(39,22(3)4)33(17-11-16-31)27-24(20-40-5)29(43-25(27)15-19-44(38,41-6)42-7)32-18-14-26(35)34(30(32)37)28(36)23-12-9-8-10-13-23/h8-10,12-15,18-19,21-22,24-25,27,29H,11,17,20H2,1-7H3/b19-15+/t24-,25+,27-,29+/m0/s1. The van der Waals surface area contributed by atoms with Gasteiger partial charge < -0.3 is 23.1 Å². The SMILES string of the molecule is COC[C@H]1[C@H](N(CCC#N)P(=O)(C(C)C)C(C)C)[C@@H](/C=C/P(=O)(OC)OC)O[C@H]1n1ccc(=O)n(C(=O)c2ccccc2)c1=O. The van der Waals surface area contributed by atoms with Gasteiger partial charge >= 0.3 is 13.3 Å². The summed E-state index contributed by atoms with van der Waals surface area (Å²) in [7, 11) is -3.00. The first-order valence-electron chi connectivity index (χ1n) is 14.5. The molecule has 13 nitrogen and oxygen atoms in total. The number of rotatable bonds is 14. The molecule has 0 radical (unpaired) electrons. The number of aromatic nitrogens is 2. The smallest absolute Gasteiger partial charge is 0.353 e. The van der Waals surface area contributed by atoms with Gasteiger partial charge in [-0.15, -0.1) is 0 Å². The molecule has 1 saturated heterocycles. The Morgan fingerprint density at radius 3 is 2.22 bits per heavy atom. The van der Waals surface area contributed by atoms with Gasteiger partial charge in [-0.25, -0.2) is 9.46 Å². The Labute approximate surface area is 263 Å². The van der Waals surface area contributed by atoms with E-state index in [1.165, 1.54) is 51.6 Å². The van der Waals surface area contributed by atoms with Crippen LogP contribution < -0.4 is 11.2 Å². The van der Waals surface area contributed by atoms with Gasteiger partial charge in [0.15, 0.2) is 7.29 Å². The van der Waals surface area contributed by atoms with Crippen molar-refractivity contribution in [3.8, 4) is 6.07 Å². The van der Waals surface area contributed by atoms with Gasteiger partial charge in [-0.1, -0.05) is 45.9 Å². The second-order valence-corrected chi connectivity index (χ2v) is 17.2. The first-order chi connectivity index (χ1) is 21.3. The normalized spacial score (nSPS) is 20.8. The number of nitrogens with zero attached hydrogens (tertiary/aromatic N) is 4. The summed E-state index contributed by atoms with van der Waals surface area (Å²) in [5, 5.41) is 9.56. The van der Waals surface area contributed by atoms with Crippen molar-refractivity contribution in [1.82, 2.24) is 13.8 Å². The lowest BCUT2D eigenvalue weighted by Gasteiger charge is -2.43. The molecule has 1 aromatic carbocycles. The maximum Gasteiger partial charge on any atom is 0.353 e. The van der Waals surface area contributed by atoms with Crippen LogP contribution in [0.3, 0.4) is 0 Å². The first-order valence-corrected chi connectivity index (χ1v) is 17.9. The second kappa shape index (κ2) is 15.6. The molecule has 0 bridgehead atoms. The van der Waals surface area contributed by atoms with Gasteiger partial charge in [0.05, 0.1) is 24.8 Å². The molecule has 246 valence electrons. The maximum atomic E-state index is 14.9. The summed E-state index contributed by atoms with van der Waals surface area (Å²) < 4.78 is 53.6. The van der Waals surface area contributed by atoms with E-state index in [-0.39, 0.29) is 36.5 Å². The molecule has 0 N–H and O–H groups in total. The van der Waals surface area contributed by atoms with Crippen molar-refractivity contribution in [2.45, 2.75) is 63.8 Å². The zero-order valence-corrected chi connectivity index (χ0v) is 28.4. The summed E-state index contributed by atoms with van der Waals surface area (Å²) in [5.41, 5.74) is -2.26. The fourth-order valence-electron chi connectivity index (χ4n) is 5.79. The Morgan fingerprint density at radius 2 is 1.69 bits per heavy atom. The molecule has 4 atom stereocenters. The number of carbonyl (C=O) groups excluding carboxylic acids is 1. The molecule has 2 heterocycles. The number of hydrogen-bond donors (Lipinski definition) is 0. The highest BCUT2D eigenvalue weighted by molar-refractivity contribution is 7.62. The number of hydrogen-bond acceptors (Lipinski definition) is 10. The topological polar surface area (TPSA) is 159 Å². The van der Waals surface area contributed by atoms with Crippen molar-refractivity contribution in [2.24, 2.45) is 5.92 Å². The van der Waals surface area contributed by atoms with E-state index >= 15 is 0 Å². The molecule has 15 heteroatoms. The van der Waals surface area contributed by atoms with E-state index in [4.69, 9.17) is 18.5 Å². The van der Waals surface area contributed by atoms with Crippen molar-refractivity contribution >= 4 is 20.8 Å². The minimum Gasteiger partial charge on any atom is -0.384 e. The van der Waals surface area contributed by atoms with Crippen molar-refractivity contribution in [3.05, 3.63) is 80.9 Å². The van der Waals surface area contributed by atoms with Crippen molar-refractivity contribution < 1.29 is 32.4 Å². The highest BCUT2D eigenvalue weighted by Crippen LogP contribution is 2.62. The molecule has 2 aromatic rings. The van der Waals surface area contributed by atoms with E-state index in [1.807, 2.05) is 27.7 Å². The number of benzene rings is 1. The molecule has 0 aliphatic carbocycles. The lowest BCUT2D eigenvalue weighted by Crippen LogP contribution is -2.48. The third-order valence-corrected chi connectivity index (χ3v) is 13.7. The molecule has 0 saturated carbocycles. The Bertz CT molecular complexity index is 1590. The third kappa shape index (κ3) is 7.55. The summed E-state index contributed by atoms with van der Waals surface area (Å²) in [6, 6.07) is 10.4. The van der Waals surface area contributed by atoms with Crippen molar-refractivity contribution in [3.63, 3.8) is 0 Å². The van der Waals surface area contributed by atoms with E-state index in [9.17, 15) is 28.8 Å². The average Bonchev–Trinajstić information content (AvgIpc) is 3.37. The van der Waals surface area contributed by atoms with Gasteiger partial charge in [-0.05, 0) is 18.2 Å². The van der Waals surface area contributed by atoms with Crippen molar-refractivity contribution in [1.29, 1.82) is 5.26 Å². The molecule has 1 fully saturated rings. The summed E-state index contributed by atoms with van der Waals surface area (Å²) in [5.74, 6) is -0.290. The van der Waals surface area contributed by atoms with Crippen LogP contribution in [0.5, 0.6) is 0 Å². The Balaban J connectivity index is 2.30. The number of carbonyl (C=O) groups is 1.